The molecule has 0 fully saturated rings. The van der Waals surface area contributed by atoms with E-state index < -0.39 is 0 Å². The quantitative estimate of drug-likeness (QED) is 0.190. The van der Waals surface area contributed by atoms with Gasteiger partial charge >= 0.3 is 0 Å². The van der Waals surface area contributed by atoms with Gasteiger partial charge in [-0.1, -0.05) is 152 Å². The Morgan fingerprint density at radius 3 is 1.51 bits per heavy atom. The van der Waals surface area contributed by atoms with E-state index in [4.69, 9.17) is 4.42 Å². The average Bonchev–Trinajstić information content (AvgIpc) is 3.53. The predicted octanol–water partition coefficient (Wildman–Crippen LogP) is 12.6. The molecule has 1 aromatic heterocycles. The van der Waals surface area contributed by atoms with E-state index in [1.165, 1.54) is 0 Å². The zero-order valence-corrected chi connectivity index (χ0v) is 24.3. The molecule has 1 heteroatoms. The topological polar surface area (TPSA) is 13.1 Å². The van der Waals surface area contributed by atoms with Crippen molar-refractivity contribution >= 4 is 43.5 Å². The lowest BCUT2D eigenvalue weighted by atomic mass is 9.86. The summed E-state index contributed by atoms with van der Waals surface area (Å²) in [5.41, 5.74) is 7.58. The zero-order chi connectivity index (χ0) is 33.2. The molecule has 0 aliphatic heterocycles. The zero-order valence-electron chi connectivity index (χ0n) is 28.3. The van der Waals surface area contributed by atoms with Crippen molar-refractivity contribution in [3.63, 3.8) is 0 Å². The van der Waals surface area contributed by atoms with E-state index in [0.29, 0.717) is 22.3 Å². The fourth-order valence-corrected chi connectivity index (χ4v) is 6.74. The van der Waals surface area contributed by atoms with Crippen LogP contribution in [-0.2, 0) is 0 Å². The third-order valence-corrected chi connectivity index (χ3v) is 8.74. The molecule has 0 radical (unpaired) electrons. The lowest BCUT2D eigenvalue weighted by molar-refractivity contribution is 0.669. The first-order valence-electron chi connectivity index (χ1n) is 17.1. The molecule has 210 valence electrons. The number of hydrogen-bond donors (Lipinski definition) is 0. The summed E-state index contributed by atoms with van der Waals surface area (Å²) in [5, 5.41) is 5.57. The van der Waals surface area contributed by atoms with E-state index in [0.717, 1.165) is 60.2 Å². The molecule has 0 aliphatic carbocycles. The first-order chi connectivity index (χ1) is 24.0. The van der Waals surface area contributed by atoms with Crippen molar-refractivity contribution in [1.82, 2.24) is 0 Å². The molecule has 9 aromatic rings. The number of fused-ring (bicyclic) bond motifs is 5. The van der Waals surface area contributed by atoms with Crippen LogP contribution < -0.4 is 0 Å². The normalized spacial score (nSPS) is 12.8. The Labute approximate surface area is 267 Å². The molecule has 1 nitrogen and oxygen atoms in total. The molecule has 0 aliphatic rings. The van der Waals surface area contributed by atoms with Crippen LogP contribution in [0.15, 0.2) is 174 Å². The van der Waals surface area contributed by atoms with Gasteiger partial charge in [0.15, 0.2) is 0 Å². The van der Waals surface area contributed by atoms with E-state index in [9.17, 15) is 5.48 Å². The molecule has 1 heterocycles. The Balaban J connectivity index is 1.30. The van der Waals surface area contributed by atoms with Crippen molar-refractivity contribution in [2.45, 2.75) is 0 Å². The fraction of sp³-hybridized carbons (Fsp3) is 0. The predicted molar refractivity (Wildman–Crippen MR) is 190 cm³/mol. The van der Waals surface area contributed by atoms with Crippen molar-refractivity contribution in [3.8, 4) is 44.5 Å². The van der Waals surface area contributed by atoms with Gasteiger partial charge in [0.25, 0.3) is 0 Å². The van der Waals surface area contributed by atoms with Gasteiger partial charge in [0.05, 0.1) is 5.48 Å². The second kappa shape index (κ2) is 10.4. The maximum atomic E-state index is 9.43. The van der Waals surface area contributed by atoms with Crippen LogP contribution in [-0.4, -0.2) is 0 Å². The summed E-state index contributed by atoms with van der Waals surface area (Å²) in [5.74, 6) is 0. The van der Waals surface area contributed by atoms with Gasteiger partial charge in [-0.15, -0.1) is 0 Å². The summed E-state index contributed by atoms with van der Waals surface area (Å²) in [6.45, 7) is 0. The minimum Gasteiger partial charge on any atom is -0.456 e. The Bertz CT molecular complexity index is 2660. The van der Waals surface area contributed by atoms with Crippen LogP contribution in [0.4, 0.5) is 0 Å². The van der Waals surface area contributed by atoms with E-state index in [2.05, 4.69) is 42.5 Å². The highest BCUT2D eigenvalue weighted by molar-refractivity contribution is 6.21. The molecule has 0 unspecified atom stereocenters. The second-order valence-corrected chi connectivity index (χ2v) is 11.3. The summed E-state index contributed by atoms with van der Waals surface area (Å²) in [4.78, 5) is 0. The summed E-state index contributed by atoms with van der Waals surface area (Å²) in [7, 11) is 0. The number of furan rings is 1. The van der Waals surface area contributed by atoms with Gasteiger partial charge in [-0.2, -0.15) is 0 Å². The molecular weight excluding hydrogens is 544 g/mol. The molecule has 8 aromatic carbocycles. The monoisotopic (exact) mass is 576 g/mol. The molecule has 9 rings (SSSR count). The van der Waals surface area contributed by atoms with Crippen molar-refractivity contribution in [2.24, 2.45) is 0 Å². The highest BCUT2D eigenvalue weighted by Gasteiger charge is 2.17. The molecular formula is C44H28O. The third kappa shape index (κ3) is 4.17. The van der Waals surface area contributed by atoms with Crippen LogP contribution >= 0.6 is 0 Å². The highest BCUT2D eigenvalue weighted by Crippen LogP contribution is 2.44. The lowest BCUT2D eigenvalue weighted by Gasteiger charge is -2.18. The van der Waals surface area contributed by atoms with Gasteiger partial charge in [-0.25, -0.2) is 0 Å². The second-order valence-electron chi connectivity index (χ2n) is 11.3. The average molecular weight is 577 g/mol. The van der Waals surface area contributed by atoms with E-state index in [-0.39, 0.29) is 29.7 Å². The summed E-state index contributed by atoms with van der Waals surface area (Å²) in [6.07, 6.45) is 0. The molecule has 0 amide bonds. The van der Waals surface area contributed by atoms with Crippen LogP contribution in [0.3, 0.4) is 0 Å². The smallest absolute Gasteiger partial charge is 0.136 e. The Morgan fingerprint density at radius 2 is 0.889 bits per heavy atom. The minimum absolute atomic E-state index is 0.0686. The Hall–Kier alpha value is -5.92. The van der Waals surface area contributed by atoms with Crippen molar-refractivity contribution in [3.05, 3.63) is 170 Å². The van der Waals surface area contributed by atoms with Crippen LogP contribution in [0.5, 0.6) is 0 Å². The first-order valence-corrected chi connectivity index (χ1v) is 15.1. The minimum atomic E-state index is -0.0771. The maximum absolute atomic E-state index is 9.43. The van der Waals surface area contributed by atoms with E-state index in [1.807, 2.05) is 103 Å². The van der Waals surface area contributed by atoms with Crippen LogP contribution in [0.2, 0.25) is 0 Å². The third-order valence-electron chi connectivity index (χ3n) is 8.74. The summed E-state index contributed by atoms with van der Waals surface area (Å²) >= 11 is 0. The molecule has 0 N–H and O–H groups in total. The van der Waals surface area contributed by atoms with Crippen LogP contribution in [0.25, 0.3) is 88.0 Å². The maximum Gasteiger partial charge on any atom is 0.136 e. The molecule has 0 spiro atoms. The SMILES string of the molecule is [2H]c1c([2H])c(-c2c3ccccc3c(-c3ccccc3)c3ccccc23)c([2H])c([2H])c1-c1ccc2oc3cccc(-c4ccccc4)c3c2c1. The summed E-state index contributed by atoms with van der Waals surface area (Å²) < 4.78 is 43.8. The van der Waals surface area contributed by atoms with E-state index >= 15 is 0 Å². The number of hydrogen-bond acceptors (Lipinski definition) is 1. The molecule has 0 atom stereocenters. The molecule has 0 saturated carbocycles. The van der Waals surface area contributed by atoms with Gasteiger partial charge in [0.2, 0.25) is 0 Å². The lowest BCUT2D eigenvalue weighted by Crippen LogP contribution is -1.90. The van der Waals surface area contributed by atoms with Crippen LogP contribution in [0, 0.1) is 0 Å². The van der Waals surface area contributed by atoms with Gasteiger partial charge in [-0.3, -0.25) is 0 Å². The number of benzene rings is 8. The first kappa shape index (κ1) is 21.7. The Morgan fingerprint density at radius 1 is 0.356 bits per heavy atom. The largest absolute Gasteiger partial charge is 0.456 e. The van der Waals surface area contributed by atoms with Crippen LogP contribution in [0.1, 0.15) is 5.48 Å². The van der Waals surface area contributed by atoms with Gasteiger partial charge in [-0.05, 0) is 84.3 Å². The van der Waals surface area contributed by atoms with Crippen molar-refractivity contribution in [2.75, 3.05) is 0 Å². The van der Waals surface area contributed by atoms with Crippen molar-refractivity contribution < 1.29 is 9.90 Å². The highest BCUT2D eigenvalue weighted by atomic mass is 16.3. The molecule has 45 heavy (non-hydrogen) atoms. The summed E-state index contributed by atoms with van der Waals surface area (Å²) in [6, 6.07) is 47.9. The van der Waals surface area contributed by atoms with E-state index in [1.54, 1.807) is 0 Å². The van der Waals surface area contributed by atoms with Crippen molar-refractivity contribution in [1.29, 1.82) is 0 Å². The van der Waals surface area contributed by atoms with Gasteiger partial charge in [0.1, 0.15) is 11.2 Å². The molecule has 0 saturated heterocycles. The number of rotatable bonds is 4. The van der Waals surface area contributed by atoms with Gasteiger partial charge < -0.3 is 4.42 Å². The fourth-order valence-electron chi connectivity index (χ4n) is 6.74. The Kier molecular flexibility index (Phi) is 5.00. The molecule has 0 bridgehead atoms. The standard InChI is InChI=1S/C44H28O/c1-3-12-30(13-4-1)34-20-11-21-41-44(34)39-28-33(26-27-40(39)45-41)29-22-24-32(25-23-29)43-37-18-9-7-16-35(37)42(31-14-5-2-6-15-31)36-17-8-10-19-38(36)43/h1-28H/i22D,23D,24D,25D. The van der Waals surface area contributed by atoms with Gasteiger partial charge in [0, 0.05) is 10.8 Å².